The minimum absolute atomic E-state index is 0.181. The molecule has 2 saturated heterocycles. The van der Waals surface area contributed by atoms with Gasteiger partial charge in [0.15, 0.2) is 0 Å². The van der Waals surface area contributed by atoms with Crippen molar-refractivity contribution in [3.05, 3.63) is 0 Å². The van der Waals surface area contributed by atoms with Crippen LogP contribution in [0.1, 0.15) is 6.42 Å². The molecule has 2 N–H and O–H groups in total. The molecule has 4 heteroatoms. The van der Waals surface area contributed by atoms with Crippen LogP contribution < -0.4 is 0 Å². The van der Waals surface area contributed by atoms with Crippen molar-refractivity contribution in [3.8, 4) is 0 Å². The van der Waals surface area contributed by atoms with Gasteiger partial charge in [-0.3, -0.25) is 0 Å². The molecular weight excluding hydrogens is 120 g/mol. The Balaban J connectivity index is 2.10. The van der Waals surface area contributed by atoms with Crippen molar-refractivity contribution in [3.63, 3.8) is 0 Å². The van der Waals surface area contributed by atoms with E-state index < -0.39 is 0 Å². The van der Waals surface area contributed by atoms with Crippen molar-refractivity contribution in [1.29, 1.82) is 0 Å². The van der Waals surface area contributed by atoms with Crippen molar-refractivity contribution in [2.24, 2.45) is 0 Å². The molecule has 2 bridgehead atoms. The van der Waals surface area contributed by atoms with E-state index >= 15 is 0 Å². The monoisotopic (exact) mass is 130 g/mol. The number of hydrogen-bond donors (Lipinski definition) is 2. The second-order valence-corrected chi connectivity index (χ2v) is 2.79. The second-order valence-electron chi connectivity index (χ2n) is 2.79. The average Bonchev–Trinajstić information content (AvgIpc) is 2.24. The van der Waals surface area contributed by atoms with Gasteiger partial charge in [-0.25, -0.2) is 0 Å². The molecule has 2 aliphatic heterocycles. The fourth-order valence-corrected chi connectivity index (χ4v) is 1.62. The molecule has 0 amide bonds. The van der Waals surface area contributed by atoms with Crippen LogP contribution in [0.4, 0.5) is 0 Å². The Morgan fingerprint density at radius 3 is 1.67 bits per heavy atom. The summed E-state index contributed by atoms with van der Waals surface area (Å²) in [5.74, 6) is 0. The maximum atomic E-state index is 9.03. The van der Waals surface area contributed by atoms with Gasteiger partial charge in [0, 0.05) is 13.1 Å². The lowest BCUT2D eigenvalue weighted by molar-refractivity contribution is -0.186. The highest BCUT2D eigenvalue weighted by atomic mass is 16.5. The fraction of sp³-hybridized carbons (Fsp3) is 1.00. The molecule has 9 heavy (non-hydrogen) atoms. The summed E-state index contributed by atoms with van der Waals surface area (Å²) in [6.07, 6.45) is 0.910. The third kappa shape index (κ3) is 0.679. The van der Waals surface area contributed by atoms with Gasteiger partial charge in [0.25, 0.3) is 0 Å². The molecule has 0 aromatic rings. The van der Waals surface area contributed by atoms with Crippen molar-refractivity contribution in [2.45, 2.75) is 18.5 Å². The SMILES string of the molecule is ON1CC2CC1CN2O. The predicted molar refractivity (Wildman–Crippen MR) is 29.2 cm³/mol. The Labute approximate surface area is 53.2 Å². The van der Waals surface area contributed by atoms with E-state index in [0.29, 0.717) is 13.1 Å². The van der Waals surface area contributed by atoms with Gasteiger partial charge in [-0.15, -0.1) is 0 Å². The van der Waals surface area contributed by atoms with E-state index in [-0.39, 0.29) is 12.1 Å². The normalized spacial score (nSPS) is 44.7. The van der Waals surface area contributed by atoms with Crippen LogP contribution in [-0.4, -0.2) is 45.7 Å². The average molecular weight is 130 g/mol. The molecule has 4 nitrogen and oxygen atoms in total. The lowest BCUT2D eigenvalue weighted by Crippen LogP contribution is -2.42. The van der Waals surface area contributed by atoms with Gasteiger partial charge < -0.3 is 10.4 Å². The van der Waals surface area contributed by atoms with Gasteiger partial charge in [0.1, 0.15) is 0 Å². The Kier molecular flexibility index (Phi) is 1.04. The van der Waals surface area contributed by atoms with Crippen LogP contribution in [0.25, 0.3) is 0 Å². The highest BCUT2D eigenvalue weighted by Gasteiger charge is 2.42. The van der Waals surface area contributed by atoms with E-state index in [1.54, 1.807) is 0 Å². The Morgan fingerprint density at radius 2 is 1.44 bits per heavy atom. The number of piperazine rings is 1. The van der Waals surface area contributed by atoms with Crippen LogP contribution in [-0.2, 0) is 0 Å². The van der Waals surface area contributed by atoms with Crippen LogP contribution in [0.5, 0.6) is 0 Å². The molecule has 0 radical (unpaired) electrons. The summed E-state index contributed by atoms with van der Waals surface area (Å²) >= 11 is 0. The Hall–Kier alpha value is -0.160. The molecule has 0 saturated carbocycles. The zero-order valence-electron chi connectivity index (χ0n) is 5.06. The predicted octanol–water partition coefficient (Wildman–Crippen LogP) is -0.477. The first-order chi connectivity index (χ1) is 4.27. The minimum atomic E-state index is 0.181. The summed E-state index contributed by atoms with van der Waals surface area (Å²) < 4.78 is 0. The summed E-state index contributed by atoms with van der Waals surface area (Å²) in [7, 11) is 0. The van der Waals surface area contributed by atoms with Gasteiger partial charge in [0.05, 0.1) is 12.1 Å². The molecular formula is C5H10N2O2. The van der Waals surface area contributed by atoms with Crippen LogP contribution in [0.15, 0.2) is 0 Å². The molecule has 2 heterocycles. The summed E-state index contributed by atoms with van der Waals surface area (Å²) in [4.78, 5) is 0. The minimum Gasteiger partial charge on any atom is -0.314 e. The van der Waals surface area contributed by atoms with Crippen LogP contribution >= 0.6 is 0 Å². The lowest BCUT2D eigenvalue weighted by Gasteiger charge is -2.25. The van der Waals surface area contributed by atoms with Gasteiger partial charge >= 0.3 is 0 Å². The number of rotatable bonds is 0. The third-order valence-electron chi connectivity index (χ3n) is 2.18. The van der Waals surface area contributed by atoms with Gasteiger partial charge in [-0.1, -0.05) is 0 Å². The molecule has 0 aliphatic carbocycles. The second kappa shape index (κ2) is 1.67. The van der Waals surface area contributed by atoms with E-state index in [0.717, 1.165) is 6.42 Å². The number of hydroxylamine groups is 4. The topological polar surface area (TPSA) is 46.9 Å². The van der Waals surface area contributed by atoms with Gasteiger partial charge in [-0.2, -0.15) is 10.1 Å². The lowest BCUT2D eigenvalue weighted by atomic mass is 10.2. The zero-order chi connectivity index (χ0) is 6.43. The molecule has 0 aromatic carbocycles. The van der Waals surface area contributed by atoms with E-state index in [1.807, 2.05) is 0 Å². The van der Waals surface area contributed by atoms with Crippen LogP contribution in [0, 0.1) is 0 Å². The molecule has 0 aromatic heterocycles. The van der Waals surface area contributed by atoms with E-state index in [4.69, 9.17) is 10.4 Å². The number of hydrogen-bond acceptors (Lipinski definition) is 4. The number of fused-ring (bicyclic) bond motifs is 2. The molecule has 52 valence electrons. The van der Waals surface area contributed by atoms with Crippen molar-refractivity contribution in [1.82, 2.24) is 10.1 Å². The quantitative estimate of drug-likeness (QED) is 0.465. The molecule has 0 spiro atoms. The summed E-state index contributed by atoms with van der Waals surface area (Å²) in [5.41, 5.74) is 0. The summed E-state index contributed by atoms with van der Waals surface area (Å²) in [6, 6.07) is 0.361. The fourth-order valence-electron chi connectivity index (χ4n) is 1.62. The molecule has 2 rings (SSSR count). The largest absolute Gasteiger partial charge is 0.314 e. The van der Waals surface area contributed by atoms with Crippen LogP contribution in [0.3, 0.4) is 0 Å². The van der Waals surface area contributed by atoms with Gasteiger partial charge in [-0.05, 0) is 6.42 Å². The highest BCUT2D eigenvalue weighted by molar-refractivity contribution is 4.92. The van der Waals surface area contributed by atoms with E-state index in [1.165, 1.54) is 10.1 Å². The summed E-state index contributed by atoms with van der Waals surface area (Å²) in [5, 5.41) is 20.7. The third-order valence-corrected chi connectivity index (χ3v) is 2.18. The Morgan fingerprint density at radius 1 is 1.00 bits per heavy atom. The van der Waals surface area contributed by atoms with Crippen molar-refractivity contribution < 1.29 is 10.4 Å². The van der Waals surface area contributed by atoms with E-state index in [9.17, 15) is 0 Å². The van der Waals surface area contributed by atoms with Crippen LogP contribution in [0.2, 0.25) is 0 Å². The smallest absolute Gasteiger partial charge is 0.0517 e. The standard InChI is InChI=1S/C5H10N2O2/c8-6-2-4-1-5(6)3-7(4)9/h4-5,8-9H,1-3H2. The molecule has 2 unspecified atom stereocenters. The van der Waals surface area contributed by atoms with Gasteiger partial charge in [0.2, 0.25) is 0 Å². The highest BCUT2D eigenvalue weighted by Crippen LogP contribution is 2.26. The summed E-state index contributed by atoms with van der Waals surface area (Å²) in [6.45, 7) is 1.20. The maximum absolute atomic E-state index is 9.03. The van der Waals surface area contributed by atoms with E-state index in [2.05, 4.69) is 0 Å². The first kappa shape index (κ1) is 5.61. The maximum Gasteiger partial charge on any atom is 0.0517 e. The molecule has 2 atom stereocenters. The Bertz CT molecular complexity index is 112. The molecule has 2 fully saturated rings. The number of nitrogens with zero attached hydrogens (tertiary/aromatic N) is 2. The molecule has 2 aliphatic rings. The zero-order valence-corrected chi connectivity index (χ0v) is 5.06. The van der Waals surface area contributed by atoms with Crippen molar-refractivity contribution >= 4 is 0 Å². The first-order valence-corrected chi connectivity index (χ1v) is 3.18. The first-order valence-electron chi connectivity index (χ1n) is 3.18. The van der Waals surface area contributed by atoms with Crippen molar-refractivity contribution in [2.75, 3.05) is 13.1 Å².